The fourth-order valence-electron chi connectivity index (χ4n) is 0.496. The molecule has 0 unspecified atom stereocenters. The van der Waals surface area contributed by atoms with Crippen molar-refractivity contribution in [3.05, 3.63) is 30.4 Å². The maximum atomic E-state index is 5.37. The molecule has 0 bridgehead atoms. The van der Waals surface area contributed by atoms with Crippen molar-refractivity contribution >= 4 is 40.5 Å². The Labute approximate surface area is 117 Å². The van der Waals surface area contributed by atoms with Crippen LogP contribution in [0.15, 0.2) is 24.3 Å². The largest absolute Gasteiger partial charge is 1.00 e. The van der Waals surface area contributed by atoms with Gasteiger partial charge < -0.3 is 23.4 Å². The van der Waals surface area contributed by atoms with Gasteiger partial charge in [0.1, 0.15) is 4.32 Å². The molecule has 0 aliphatic carbocycles. The van der Waals surface area contributed by atoms with Gasteiger partial charge in [-0.05, 0) is 24.3 Å². The van der Waals surface area contributed by atoms with E-state index in [9.17, 15) is 0 Å². The van der Waals surface area contributed by atoms with E-state index < -0.39 is 0 Å². The van der Waals surface area contributed by atoms with Crippen molar-refractivity contribution in [1.82, 2.24) is 0 Å². The molecular weight excluding hydrogens is 227 g/mol. The SMILES string of the molecule is NC(=S)S.Nc1ccc(N)cc1.[NH2-].[Na+]. The van der Waals surface area contributed by atoms with E-state index in [0.29, 0.717) is 0 Å². The first kappa shape index (κ1) is 19.6. The molecular formula is C7H13N4NaS2. The maximum absolute atomic E-state index is 5.37. The number of thiocarbonyl (C=S) groups is 1. The average Bonchev–Trinajstić information content (AvgIpc) is 1.94. The fraction of sp³-hybridized carbons (Fsp3) is 0. The van der Waals surface area contributed by atoms with Crippen LogP contribution < -0.4 is 46.8 Å². The Morgan fingerprint density at radius 2 is 1.21 bits per heavy atom. The molecule has 1 rings (SSSR count). The molecule has 14 heavy (non-hydrogen) atoms. The molecule has 0 heterocycles. The van der Waals surface area contributed by atoms with Crippen LogP contribution in [0, 0.1) is 0 Å². The number of benzene rings is 1. The molecule has 1 aromatic carbocycles. The van der Waals surface area contributed by atoms with E-state index in [1.165, 1.54) is 0 Å². The Hall–Kier alpha value is 0.0200. The number of rotatable bonds is 0. The van der Waals surface area contributed by atoms with E-state index in [1.807, 2.05) is 0 Å². The maximum Gasteiger partial charge on any atom is 1.00 e. The minimum Gasteiger partial charge on any atom is -0.693 e. The molecule has 0 radical (unpaired) electrons. The summed E-state index contributed by atoms with van der Waals surface area (Å²) in [7, 11) is 0. The first-order valence-electron chi connectivity index (χ1n) is 3.12. The van der Waals surface area contributed by atoms with Crippen molar-refractivity contribution in [2.75, 3.05) is 11.5 Å². The first-order valence-corrected chi connectivity index (χ1v) is 3.97. The van der Waals surface area contributed by atoms with Gasteiger partial charge in [-0.15, -0.1) is 12.6 Å². The minimum absolute atomic E-state index is 0. The third kappa shape index (κ3) is 14.5. The van der Waals surface area contributed by atoms with Gasteiger partial charge in [-0.25, -0.2) is 0 Å². The average molecular weight is 240 g/mol. The predicted octanol–water partition coefficient (Wildman–Crippen LogP) is -1.27. The van der Waals surface area contributed by atoms with Crippen molar-refractivity contribution in [2.45, 2.75) is 0 Å². The molecule has 0 aliphatic rings. The van der Waals surface area contributed by atoms with Crippen LogP contribution in [-0.2, 0) is 0 Å². The molecule has 0 spiro atoms. The molecule has 0 aromatic heterocycles. The molecule has 7 heteroatoms. The van der Waals surface area contributed by atoms with Crippen molar-refractivity contribution in [2.24, 2.45) is 5.73 Å². The summed E-state index contributed by atoms with van der Waals surface area (Å²) in [5.41, 5.74) is 16.9. The summed E-state index contributed by atoms with van der Waals surface area (Å²) in [5.74, 6) is 0. The number of thiol groups is 1. The van der Waals surface area contributed by atoms with Gasteiger partial charge >= 0.3 is 29.6 Å². The Morgan fingerprint density at radius 1 is 1.07 bits per heavy atom. The minimum atomic E-state index is 0. The second kappa shape index (κ2) is 11.1. The van der Waals surface area contributed by atoms with E-state index in [4.69, 9.17) is 17.2 Å². The number of hydrogen-bond acceptors (Lipinski definition) is 3. The molecule has 0 saturated carbocycles. The normalized spacial score (nSPS) is 6.93. The van der Waals surface area contributed by atoms with E-state index in [-0.39, 0.29) is 40.0 Å². The number of hydrogen-bond donors (Lipinski definition) is 4. The van der Waals surface area contributed by atoms with Crippen molar-refractivity contribution in [3.63, 3.8) is 0 Å². The van der Waals surface area contributed by atoms with E-state index >= 15 is 0 Å². The van der Waals surface area contributed by atoms with Gasteiger partial charge in [-0.2, -0.15) is 0 Å². The molecule has 0 fully saturated rings. The zero-order valence-corrected chi connectivity index (χ0v) is 11.7. The second-order valence-corrected chi connectivity index (χ2v) is 3.23. The molecule has 0 amide bonds. The Balaban J connectivity index is -0.000000180. The van der Waals surface area contributed by atoms with Gasteiger partial charge in [0.15, 0.2) is 0 Å². The van der Waals surface area contributed by atoms with Gasteiger partial charge in [-0.1, -0.05) is 12.2 Å². The predicted molar refractivity (Wildman–Crippen MR) is 66.3 cm³/mol. The fourth-order valence-corrected chi connectivity index (χ4v) is 0.496. The number of nitrogen functional groups attached to an aromatic ring is 2. The Kier molecular flexibility index (Phi) is 15.5. The second-order valence-electron chi connectivity index (χ2n) is 2.00. The molecule has 0 atom stereocenters. The van der Waals surface area contributed by atoms with Crippen LogP contribution in [0.5, 0.6) is 0 Å². The molecule has 4 nitrogen and oxygen atoms in total. The standard InChI is InChI=1S/C6H8N2.CH3NS2.H2N.Na/c7-5-1-2-6(8)4-3-5;2-1(3)4;;/h1-4H,7-8H2;(H3,2,3,4);1H2;/q;;-1;+1. The van der Waals surface area contributed by atoms with Crippen molar-refractivity contribution < 1.29 is 29.6 Å². The smallest absolute Gasteiger partial charge is 0.693 e. The van der Waals surface area contributed by atoms with E-state index in [1.54, 1.807) is 24.3 Å². The van der Waals surface area contributed by atoms with Crippen LogP contribution >= 0.6 is 24.8 Å². The van der Waals surface area contributed by atoms with Gasteiger partial charge in [-0.3, -0.25) is 0 Å². The summed E-state index contributed by atoms with van der Waals surface area (Å²) >= 11 is 7.65. The number of nitrogens with two attached hydrogens (primary N) is 4. The van der Waals surface area contributed by atoms with Crippen LogP contribution in [0.1, 0.15) is 0 Å². The first-order chi connectivity index (χ1) is 5.52. The quantitative estimate of drug-likeness (QED) is 0.196. The van der Waals surface area contributed by atoms with Crippen molar-refractivity contribution in [1.29, 1.82) is 0 Å². The summed E-state index contributed by atoms with van der Waals surface area (Å²) in [6.07, 6.45) is 0. The molecule has 0 saturated heterocycles. The van der Waals surface area contributed by atoms with Gasteiger partial charge in [0.25, 0.3) is 0 Å². The van der Waals surface area contributed by atoms with Gasteiger partial charge in [0.2, 0.25) is 0 Å². The summed E-state index contributed by atoms with van der Waals surface area (Å²) in [5, 5.41) is 0. The monoisotopic (exact) mass is 240 g/mol. The van der Waals surface area contributed by atoms with Crippen LogP contribution in [0.3, 0.4) is 0 Å². The van der Waals surface area contributed by atoms with Crippen LogP contribution in [0.2, 0.25) is 0 Å². The third-order valence-electron chi connectivity index (χ3n) is 0.936. The molecule has 0 aliphatic heterocycles. The molecule has 8 N–H and O–H groups in total. The van der Waals surface area contributed by atoms with E-state index in [0.717, 1.165) is 11.4 Å². The van der Waals surface area contributed by atoms with E-state index in [2.05, 4.69) is 24.8 Å². The van der Waals surface area contributed by atoms with Crippen LogP contribution in [-0.4, -0.2) is 4.32 Å². The van der Waals surface area contributed by atoms with Gasteiger partial charge in [0.05, 0.1) is 0 Å². The Morgan fingerprint density at radius 3 is 1.36 bits per heavy atom. The third-order valence-corrected chi connectivity index (χ3v) is 0.936. The number of anilines is 2. The summed E-state index contributed by atoms with van der Waals surface area (Å²) in [6.45, 7) is 0. The summed E-state index contributed by atoms with van der Waals surface area (Å²) < 4.78 is 0.194. The molecule has 1 aromatic rings. The zero-order chi connectivity index (χ0) is 9.56. The van der Waals surface area contributed by atoms with Crippen molar-refractivity contribution in [3.8, 4) is 0 Å². The Bertz CT molecular complexity index is 227. The van der Waals surface area contributed by atoms with Crippen LogP contribution in [0.4, 0.5) is 11.4 Å². The topological polar surface area (TPSA) is 112 Å². The summed E-state index contributed by atoms with van der Waals surface area (Å²) in [4.78, 5) is 0. The molecule has 74 valence electrons. The summed E-state index contributed by atoms with van der Waals surface area (Å²) in [6, 6.07) is 7.09. The van der Waals surface area contributed by atoms with Crippen LogP contribution in [0.25, 0.3) is 6.15 Å². The zero-order valence-electron chi connectivity index (χ0n) is 7.97. The van der Waals surface area contributed by atoms with Gasteiger partial charge in [0, 0.05) is 11.4 Å².